The van der Waals surface area contributed by atoms with Crippen molar-refractivity contribution in [2.24, 2.45) is 0 Å². The van der Waals surface area contributed by atoms with E-state index in [-0.39, 0.29) is 48.2 Å². The van der Waals surface area contributed by atoms with Crippen LogP contribution in [0.4, 0.5) is 0 Å². The molecule has 0 bridgehead atoms. The molecule has 0 fully saturated rings. The predicted molar refractivity (Wildman–Crippen MR) is 126 cm³/mol. The summed E-state index contributed by atoms with van der Waals surface area (Å²) < 4.78 is 9.28. The maximum atomic E-state index is 13.3. The third-order valence-electron chi connectivity index (χ3n) is 5.22. The van der Waals surface area contributed by atoms with Crippen LogP contribution in [-0.2, 0) is 17.9 Å². The zero-order valence-electron chi connectivity index (χ0n) is 18.5. The van der Waals surface area contributed by atoms with Gasteiger partial charge in [0.1, 0.15) is 5.75 Å². The second-order valence-electron chi connectivity index (χ2n) is 8.02. The van der Waals surface area contributed by atoms with Crippen LogP contribution >= 0.6 is 11.6 Å². The number of fused-ring (bicyclic) bond motifs is 3. The van der Waals surface area contributed by atoms with Crippen molar-refractivity contribution >= 4 is 34.2 Å². The number of aryl methyl sites for hydroxylation is 1. The number of rotatable bonds is 7. The van der Waals surface area contributed by atoms with E-state index >= 15 is 0 Å². The van der Waals surface area contributed by atoms with Crippen LogP contribution in [-0.4, -0.2) is 37.8 Å². The molecule has 1 N–H and O–H groups in total. The molecule has 1 amide bonds. The summed E-state index contributed by atoms with van der Waals surface area (Å²) in [6.45, 7) is 3.98. The van der Waals surface area contributed by atoms with Gasteiger partial charge in [0.15, 0.2) is 0 Å². The molecule has 0 saturated heterocycles. The van der Waals surface area contributed by atoms with E-state index in [9.17, 15) is 14.4 Å². The summed E-state index contributed by atoms with van der Waals surface area (Å²) in [5.41, 5.74) is 0.456. The number of aromatic nitrogens is 4. The van der Waals surface area contributed by atoms with Gasteiger partial charge in [0.25, 0.3) is 5.56 Å². The second kappa shape index (κ2) is 9.11. The smallest absolute Gasteiger partial charge is 0.352 e. The molecule has 4 aromatic rings. The maximum absolute atomic E-state index is 13.3. The lowest BCUT2D eigenvalue weighted by Crippen LogP contribution is -2.32. The van der Waals surface area contributed by atoms with Gasteiger partial charge in [-0.25, -0.2) is 13.9 Å². The summed E-state index contributed by atoms with van der Waals surface area (Å²) in [7, 11) is 1.57. The van der Waals surface area contributed by atoms with E-state index in [0.717, 1.165) is 5.56 Å². The third kappa shape index (κ3) is 4.49. The van der Waals surface area contributed by atoms with Crippen molar-refractivity contribution in [2.75, 3.05) is 7.11 Å². The summed E-state index contributed by atoms with van der Waals surface area (Å²) >= 11 is 6.13. The van der Waals surface area contributed by atoms with Gasteiger partial charge in [-0.05, 0) is 49.7 Å². The number of carbonyl (C=O) groups is 1. The Balaban J connectivity index is 1.87. The van der Waals surface area contributed by atoms with Gasteiger partial charge in [-0.15, -0.1) is 5.10 Å². The van der Waals surface area contributed by atoms with Gasteiger partial charge in [-0.1, -0.05) is 23.7 Å². The average Bonchev–Trinajstić information content (AvgIpc) is 3.09. The molecule has 0 spiro atoms. The van der Waals surface area contributed by atoms with Crippen LogP contribution in [0.3, 0.4) is 0 Å². The van der Waals surface area contributed by atoms with Gasteiger partial charge >= 0.3 is 5.69 Å². The SMILES string of the molecule is COc1cccc(Cn2nc3n(CCC(=O)NC(C)C)c(=O)c4cc(Cl)ccc4n3c2=O)c1. The molecular weight excluding hydrogens is 446 g/mol. The molecule has 0 unspecified atom stereocenters. The highest BCUT2D eigenvalue weighted by Crippen LogP contribution is 2.18. The Bertz CT molecular complexity index is 1470. The number of nitrogens with zero attached hydrogens (tertiary/aromatic N) is 4. The first-order chi connectivity index (χ1) is 15.8. The fourth-order valence-electron chi connectivity index (χ4n) is 3.75. The molecule has 0 aliphatic heterocycles. The largest absolute Gasteiger partial charge is 0.497 e. The minimum Gasteiger partial charge on any atom is -0.497 e. The third-order valence-corrected chi connectivity index (χ3v) is 5.45. The van der Waals surface area contributed by atoms with Gasteiger partial charge < -0.3 is 10.1 Å². The molecule has 0 aliphatic rings. The van der Waals surface area contributed by atoms with Gasteiger partial charge in [0.05, 0.1) is 24.6 Å². The Morgan fingerprint density at radius 3 is 2.70 bits per heavy atom. The quantitative estimate of drug-likeness (QED) is 0.448. The number of carbonyl (C=O) groups excluding carboxylic acids is 1. The van der Waals surface area contributed by atoms with Crippen molar-refractivity contribution < 1.29 is 9.53 Å². The lowest BCUT2D eigenvalue weighted by molar-refractivity contribution is -0.121. The summed E-state index contributed by atoms with van der Waals surface area (Å²) in [4.78, 5) is 38.8. The lowest BCUT2D eigenvalue weighted by Gasteiger charge is -2.11. The van der Waals surface area contributed by atoms with Crippen molar-refractivity contribution in [1.29, 1.82) is 0 Å². The van der Waals surface area contributed by atoms with Crippen molar-refractivity contribution in [1.82, 2.24) is 24.1 Å². The average molecular weight is 470 g/mol. The first kappa shape index (κ1) is 22.6. The number of benzene rings is 2. The van der Waals surface area contributed by atoms with Crippen LogP contribution in [0.15, 0.2) is 52.1 Å². The molecule has 33 heavy (non-hydrogen) atoms. The van der Waals surface area contributed by atoms with E-state index in [4.69, 9.17) is 16.3 Å². The second-order valence-corrected chi connectivity index (χ2v) is 8.45. The number of hydrogen-bond acceptors (Lipinski definition) is 5. The molecule has 2 aromatic carbocycles. The molecule has 0 radical (unpaired) electrons. The Kier molecular flexibility index (Phi) is 6.24. The maximum Gasteiger partial charge on any atom is 0.352 e. The summed E-state index contributed by atoms with van der Waals surface area (Å²) in [6.07, 6.45) is 0.0662. The fourth-order valence-corrected chi connectivity index (χ4v) is 3.92. The first-order valence-electron chi connectivity index (χ1n) is 10.5. The van der Waals surface area contributed by atoms with Crippen LogP contribution in [0.25, 0.3) is 16.7 Å². The number of amides is 1. The molecule has 2 heterocycles. The van der Waals surface area contributed by atoms with Gasteiger partial charge in [-0.2, -0.15) is 0 Å². The Labute approximate surface area is 194 Å². The van der Waals surface area contributed by atoms with Gasteiger partial charge in [-0.3, -0.25) is 14.2 Å². The lowest BCUT2D eigenvalue weighted by atomic mass is 10.2. The van der Waals surface area contributed by atoms with E-state index in [1.807, 2.05) is 38.1 Å². The van der Waals surface area contributed by atoms with Crippen LogP contribution < -0.4 is 21.3 Å². The molecule has 0 aliphatic carbocycles. The highest BCUT2D eigenvalue weighted by atomic mass is 35.5. The standard InChI is InChI=1S/C23H24ClN5O4/c1-14(2)25-20(30)9-10-27-21(31)18-12-16(24)7-8-19(18)29-22(27)26-28(23(29)32)13-15-5-4-6-17(11-15)33-3/h4-8,11-12,14H,9-10,13H2,1-3H3,(H,25,30). The molecule has 4 rings (SSSR count). The summed E-state index contributed by atoms with van der Waals surface area (Å²) in [5.74, 6) is 0.636. The van der Waals surface area contributed by atoms with Crippen molar-refractivity contribution in [3.05, 3.63) is 73.9 Å². The Morgan fingerprint density at radius 1 is 1.18 bits per heavy atom. The molecule has 172 valence electrons. The van der Waals surface area contributed by atoms with Crippen LogP contribution in [0.1, 0.15) is 25.8 Å². The van der Waals surface area contributed by atoms with E-state index in [1.54, 1.807) is 19.2 Å². The van der Waals surface area contributed by atoms with E-state index < -0.39 is 5.69 Å². The molecule has 9 nitrogen and oxygen atoms in total. The number of methoxy groups -OCH3 is 1. The molecule has 0 saturated carbocycles. The van der Waals surface area contributed by atoms with E-state index in [2.05, 4.69) is 10.4 Å². The molecule has 0 atom stereocenters. The highest BCUT2D eigenvalue weighted by Gasteiger charge is 2.19. The van der Waals surface area contributed by atoms with E-state index in [1.165, 1.54) is 19.7 Å². The van der Waals surface area contributed by atoms with Crippen molar-refractivity contribution in [3.8, 4) is 5.75 Å². The molecule has 2 aromatic heterocycles. The Hall–Kier alpha value is -3.59. The summed E-state index contributed by atoms with van der Waals surface area (Å²) in [5, 5.41) is 7.92. The zero-order valence-corrected chi connectivity index (χ0v) is 19.3. The minimum atomic E-state index is -0.402. The van der Waals surface area contributed by atoms with Crippen LogP contribution in [0.5, 0.6) is 5.75 Å². The number of halogens is 1. The Morgan fingerprint density at radius 2 is 1.97 bits per heavy atom. The molecular formula is C23H24ClN5O4. The topological polar surface area (TPSA) is 99.6 Å². The normalized spacial score (nSPS) is 11.4. The van der Waals surface area contributed by atoms with E-state index in [0.29, 0.717) is 16.3 Å². The minimum absolute atomic E-state index is 0.0191. The molecule has 10 heteroatoms. The van der Waals surface area contributed by atoms with Crippen LogP contribution in [0.2, 0.25) is 5.02 Å². The first-order valence-corrected chi connectivity index (χ1v) is 10.9. The zero-order chi connectivity index (χ0) is 23.7. The van der Waals surface area contributed by atoms with Crippen molar-refractivity contribution in [2.45, 2.75) is 39.4 Å². The van der Waals surface area contributed by atoms with Crippen LogP contribution in [0, 0.1) is 0 Å². The monoisotopic (exact) mass is 469 g/mol. The highest BCUT2D eigenvalue weighted by molar-refractivity contribution is 6.31. The van der Waals surface area contributed by atoms with Gasteiger partial charge in [0, 0.05) is 24.0 Å². The predicted octanol–water partition coefficient (Wildman–Crippen LogP) is 2.44. The number of hydrogen-bond donors (Lipinski definition) is 1. The number of nitrogens with one attached hydrogen (secondary N) is 1. The van der Waals surface area contributed by atoms with Gasteiger partial charge in [0.2, 0.25) is 11.7 Å². The number of ether oxygens (including phenoxy) is 1. The summed E-state index contributed by atoms with van der Waals surface area (Å²) in [6, 6.07) is 12.1. The fraction of sp³-hybridized carbons (Fsp3) is 0.304. The van der Waals surface area contributed by atoms with Crippen molar-refractivity contribution in [3.63, 3.8) is 0 Å².